The Hall–Kier alpha value is -2.20. The van der Waals surface area contributed by atoms with Gasteiger partial charge in [-0.3, -0.25) is 0 Å². The minimum atomic E-state index is -0.987. The second-order valence-corrected chi connectivity index (χ2v) is 4.83. The van der Waals surface area contributed by atoms with Crippen LogP contribution in [0, 0.1) is 0 Å². The molecule has 0 saturated heterocycles. The first-order valence-electron chi connectivity index (χ1n) is 6.56. The fourth-order valence-corrected chi connectivity index (χ4v) is 2.04. The van der Waals surface area contributed by atoms with Crippen LogP contribution >= 0.6 is 0 Å². The van der Waals surface area contributed by atoms with E-state index in [1.807, 2.05) is 31.3 Å². The van der Waals surface area contributed by atoms with Crippen molar-refractivity contribution in [3.05, 3.63) is 65.5 Å². The number of carbonyl (C=O) groups is 1. The van der Waals surface area contributed by atoms with Crippen molar-refractivity contribution in [3.63, 3.8) is 0 Å². The number of pyridine rings is 1. The Bertz CT molecular complexity index is 570. The molecule has 104 valence electrons. The summed E-state index contributed by atoms with van der Waals surface area (Å²) in [5, 5.41) is 8.92. The predicted molar refractivity (Wildman–Crippen MR) is 77.7 cm³/mol. The lowest BCUT2D eigenvalue weighted by Gasteiger charge is -2.16. The van der Waals surface area contributed by atoms with Crippen LogP contribution in [0.25, 0.3) is 0 Å². The van der Waals surface area contributed by atoms with Crippen LogP contribution < -0.4 is 0 Å². The van der Waals surface area contributed by atoms with Gasteiger partial charge in [0.05, 0.1) is 0 Å². The van der Waals surface area contributed by atoms with Gasteiger partial charge in [-0.15, -0.1) is 0 Å². The van der Waals surface area contributed by atoms with Gasteiger partial charge in [-0.1, -0.05) is 30.3 Å². The third kappa shape index (κ3) is 4.17. The van der Waals surface area contributed by atoms with E-state index in [0.29, 0.717) is 0 Å². The molecule has 2 aromatic rings. The molecule has 0 spiro atoms. The van der Waals surface area contributed by atoms with Crippen LogP contribution in [0.2, 0.25) is 0 Å². The second kappa shape index (κ2) is 6.82. The second-order valence-electron chi connectivity index (χ2n) is 4.83. The molecular formula is C16H18N2O2. The number of aromatic carboxylic acids is 1. The number of carboxylic acids is 1. The molecular weight excluding hydrogens is 252 g/mol. The summed E-state index contributed by atoms with van der Waals surface area (Å²) >= 11 is 0. The monoisotopic (exact) mass is 270 g/mol. The molecule has 0 saturated carbocycles. The molecule has 20 heavy (non-hydrogen) atoms. The van der Waals surface area contributed by atoms with E-state index in [1.54, 1.807) is 12.3 Å². The Morgan fingerprint density at radius 3 is 2.65 bits per heavy atom. The fourth-order valence-electron chi connectivity index (χ4n) is 2.04. The SMILES string of the molecule is CN(CCc1ccccc1)Cc1ccnc(C(=O)O)c1. The highest BCUT2D eigenvalue weighted by Gasteiger charge is 2.06. The van der Waals surface area contributed by atoms with E-state index in [-0.39, 0.29) is 5.69 Å². The van der Waals surface area contributed by atoms with Crippen LogP contribution in [0.1, 0.15) is 21.6 Å². The Morgan fingerprint density at radius 1 is 1.20 bits per heavy atom. The van der Waals surface area contributed by atoms with Crippen molar-refractivity contribution in [2.45, 2.75) is 13.0 Å². The van der Waals surface area contributed by atoms with E-state index >= 15 is 0 Å². The van der Waals surface area contributed by atoms with E-state index in [9.17, 15) is 4.79 Å². The third-order valence-corrected chi connectivity index (χ3v) is 3.12. The topological polar surface area (TPSA) is 53.4 Å². The molecule has 0 radical (unpaired) electrons. The summed E-state index contributed by atoms with van der Waals surface area (Å²) in [6.07, 6.45) is 2.53. The lowest BCUT2D eigenvalue weighted by molar-refractivity contribution is 0.0690. The molecule has 1 aromatic heterocycles. The van der Waals surface area contributed by atoms with Crippen molar-refractivity contribution >= 4 is 5.97 Å². The van der Waals surface area contributed by atoms with Crippen molar-refractivity contribution in [2.75, 3.05) is 13.6 Å². The van der Waals surface area contributed by atoms with Gasteiger partial charge in [0.2, 0.25) is 0 Å². The van der Waals surface area contributed by atoms with Crippen LogP contribution in [0.15, 0.2) is 48.7 Å². The van der Waals surface area contributed by atoms with Crippen molar-refractivity contribution in [1.29, 1.82) is 0 Å². The van der Waals surface area contributed by atoms with Crippen LogP contribution in [0.5, 0.6) is 0 Å². The molecule has 1 N–H and O–H groups in total. The number of rotatable bonds is 6. The van der Waals surface area contributed by atoms with E-state index in [2.05, 4.69) is 22.0 Å². The molecule has 0 bridgehead atoms. The summed E-state index contributed by atoms with van der Waals surface area (Å²) < 4.78 is 0. The zero-order valence-corrected chi connectivity index (χ0v) is 11.5. The zero-order valence-electron chi connectivity index (χ0n) is 11.5. The fraction of sp³-hybridized carbons (Fsp3) is 0.250. The van der Waals surface area contributed by atoms with Gasteiger partial charge in [-0.05, 0) is 36.7 Å². The molecule has 0 amide bonds. The minimum Gasteiger partial charge on any atom is -0.477 e. The molecule has 4 nitrogen and oxygen atoms in total. The molecule has 1 heterocycles. The van der Waals surface area contributed by atoms with Gasteiger partial charge in [0, 0.05) is 19.3 Å². The molecule has 0 unspecified atom stereocenters. The highest BCUT2D eigenvalue weighted by Crippen LogP contribution is 2.07. The van der Waals surface area contributed by atoms with Gasteiger partial charge < -0.3 is 10.0 Å². The summed E-state index contributed by atoms with van der Waals surface area (Å²) in [5.74, 6) is -0.987. The molecule has 0 aliphatic rings. The van der Waals surface area contributed by atoms with E-state index in [0.717, 1.165) is 25.1 Å². The first-order valence-corrected chi connectivity index (χ1v) is 6.56. The smallest absolute Gasteiger partial charge is 0.354 e. The minimum absolute atomic E-state index is 0.0963. The highest BCUT2D eigenvalue weighted by molar-refractivity contribution is 5.85. The summed E-state index contributed by atoms with van der Waals surface area (Å²) in [4.78, 5) is 16.9. The molecule has 0 fully saturated rings. The van der Waals surface area contributed by atoms with Crippen molar-refractivity contribution < 1.29 is 9.90 Å². The summed E-state index contributed by atoms with van der Waals surface area (Å²) in [6, 6.07) is 13.8. The van der Waals surface area contributed by atoms with Crippen LogP contribution in [0.4, 0.5) is 0 Å². The first kappa shape index (κ1) is 14.2. The van der Waals surface area contributed by atoms with Crippen LogP contribution in [-0.2, 0) is 13.0 Å². The largest absolute Gasteiger partial charge is 0.477 e. The van der Waals surface area contributed by atoms with Gasteiger partial charge >= 0.3 is 5.97 Å². The van der Waals surface area contributed by atoms with Crippen LogP contribution in [-0.4, -0.2) is 34.6 Å². The maximum atomic E-state index is 10.9. The Labute approximate surface area is 118 Å². The Kier molecular flexibility index (Phi) is 4.85. The average molecular weight is 270 g/mol. The summed E-state index contributed by atoms with van der Waals surface area (Å²) in [6.45, 7) is 1.64. The number of hydrogen-bond acceptors (Lipinski definition) is 3. The number of aromatic nitrogens is 1. The van der Waals surface area contributed by atoms with Crippen molar-refractivity contribution in [2.24, 2.45) is 0 Å². The van der Waals surface area contributed by atoms with Gasteiger partial charge in [0.1, 0.15) is 5.69 Å². The first-order chi connectivity index (χ1) is 9.65. The molecule has 0 aliphatic carbocycles. The third-order valence-electron chi connectivity index (χ3n) is 3.12. The lowest BCUT2D eigenvalue weighted by atomic mass is 10.1. The average Bonchev–Trinajstić information content (AvgIpc) is 2.46. The van der Waals surface area contributed by atoms with Gasteiger partial charge in [-0.2, -0.15) is 0 Å². The number of nitrogens with zero attached hydrogens (tertiary/aromatic N) is 2. The quantitative estimate of drug-likeness (QED) is 0.876. The van der Waals surface area contributed by atoms with E-state index < -0.39 is 5.97 Å². The van der Waals surface area contributed by atoms with E-state index in [4.69, 9.17) is 5.11 Å². The number of benzene rings is 1. The number of hydrogen-bond donors (Lipinski definition) is 1. The predicted octanol–water partition coefficient (Wildman–Crippen LogP) is 2.45. The maximum Gasteiger partial charge on any atom is 0.354 e. The number of likely N-dealkylation sites (N-methyl/N-ethyl adjacent to an activating group) is 1. The maximum absolute atomic E-state index is 10.9. The summed E-state index contributed by atoms with van der Waals surface area (Å²) in [7, 11) is 2.03. The summed E-state index contributed by atoms with van der Waals surface area (Å²) in [5.41, 5.74) is 2.37. The normalized spacial score (nSPS) is 10.7. The Balaban J connectivity index is 1.89. The zero-order chi connectivity index (χ0) is 14.4. The highest BCUT2D eigenvalue weighted by atomic mass is 16.4. The van der Waals surface area contributed by atoms with Crippen LogP contribution in [0.3, 0.4) is 0 Å². The molecule has 0 atom stereocenters. The number of carboxylic acid groups (broad SMARTS) is 1. The van der Waals surface area contributed by atoms with Gasteiger partial charge in [0.15, 0.2) is 0 Å². The molecule has 4 heteroatoms. The van der Waals surface area contributed by atoms with Crippen molar-refractivity contribution in [1.82, 2.24) is 9.88 Å². The lowest BCUT2D eigenvalue weighted by Crippen LogP contribution is -2.21. The Morgan fingerprint density at radius 2 is 1.95 bits per heavy atom. The van der Waals surface area contributed by atoms with Crippen molar-refractivity contribution in [3.8, 4) is 0 Å². The van der Waals surface area contributed by atoms with Gasteiger partial charge in [-0.25, -0.2) is 9.78 Å². The molecule has 0 aliphatic heterocycles. The van der Waals surface area contributed by atoms with E-state index in [1.165, 1.54) is 5.56 Å². The molecule has 1 aromatic carbocycles. The van der Waals surface area contributed by atoms with Gasteiger partial charge in [0.25, 0.3) is 0 Å². The standard InChI is InChI=1S/C16H18N2O2/c1-18(10-8-13-5-3-2-4-6-13)12-14-7-9-17-15(11-14)16(19)20/h2-7,9,11H,8,10,12H2,1H3,(H,19,20). The molecule has 2 rings (SSSR count).